The minimum absolute atomic E-state index is 0.130. The van der Waals surface area contributed by atoms with Crippen LogP contribution < -0.4 is 10.6 Å². The zero-order chi connectivity index (χ0) is 24.3. The number of hydrogen-bond acceptors (Lipinski definition) is 5. The number of nitrogens with zero attached hydrogens (tertiary/aromatic N) is 3. The van der Waals surface area contributed by atoms with Gasteiger partial charge in [0.05, 0.1) is 40.2 Å². The number of carbonyl (C=O) groups excluding carboxylic acids is 1. The van der Waals surface area contributed by atoms with E-state index in [-0.39, 0.29) is 30.6 Å². The van der Waals surface area contributed by atoms with Crippen molar-refractivity contribution in [1.82, 2.24) is 20.2 Å². The Hall–Kier alpha value is -2.58. The van der Waals surface area contributed by atoms with Gasteiger partial charge < -0.3 is 20.6 Å². The van der Waals surface area contributed by atoms with Gasteiger partial charge in [-0.15, -0.1) is 0 Å². The van der Waals surface area contributed by atoms with Crippen LogP contribution in [0.15, 0.2) is 18.2 Å². The second-order valence-electron chi connectivity index (χ2n) is 8.02. The molecule has 3 N–H and O–H groups in total. The van der Waals surface area contributed by atoms with Gasteiger partial charge in [-0.25, -0.2) is 14.8 Å². The molecule has 1 saturated heterocycles. The van der Waals surface area contributed by atoms with E-state index >= 15 is 0 Å². The fourth-order valence-electron chi connectivity index (χ4n) is 4.11. The van der Waals surface area contributed by atoms with Crippen LogP contribution in [-0.4, -0.2) is 56.6 Å². The van der Waals surface area contributed by atoms with Crippen molar-refractivity contribution in [2.45, 2.75) is 65.1 Å². The summed E-state index contributed by atoms with van der Waals surface area (Å²) in [5, 5.41) is 17.0. The van der Waals surface area contributed by atoms with E-state index in [4.69, 9.17) is 33.2 Å². The number of amides is 2. The van der Waals surface area contributed by atoms with Crippen molar-refractivity contribution in [3.05, 3.63) is 39.6 Å². The average molecular weight is 494 g/mol. The SMILES string of the molecule is CCC(=O)N[C@H]1CN(C(=O)O)C(C)[C@@H]1Nc1nc(CC)c(-c2ccc(Cl)cc2Cl)nc1CC. The first-order valence-electron chi connectivity index (χ1n) is 11.1. The van der Waals surface area contributed by atoms with Crippen molar-refractivity contribution in [2.75, 3.05) is 11.9 Å². The van der Waals surface area contributed by atoms with Crippen LogP contribution in [0.2, 0.25) is 10.0 Å². The fourth-order valence-corrected chi connectivity index (χ4v) is 4.61. The van der Waals surface area contributed by atoms with Gasteiger partial charge in [-0.1, -0.05) is 44.0 Å². The molecule has 2 amide bonds. The lowest BCUT2D eigenvalue weighted by atomic mass is 10.0. The first-order chi connectivity index (χ1) is 15.7. The van der Waals surface area contributed by atoms with Crippen molar-refractivity contribution in [3.63, 3.8) is 0 Å². The smallest absolute Gasteiger partial charge is 0.407 e. The number of anilines is 1. The number of benzene rings is 1. The Morgan fingerprint density at radius 3 is 2.42 bits per heavy atom. The number of aryl methyl sites for hydroxylation is 2. The van der Waals surface area contributed by atoms with Gasteiger partial charge in [0.1, 0.15) is 5.82 Å². The minimum atomic E-state index is -1.02. The normalized spacial score (nSPS) is 20.1. The largest absolute Gasteiger partial charge is 0.465 e. The Bertz CT molecular complexity index is 1050. The standard InChI is InChI=1S/C23H29Cl2N5O3/c1-5-16-21(14-9-8-13(24)10-15(14)25)27-17(6-2)22(28-16)29-20-12(4)30(23(32)33)11-18(20)26-19(31)7-3/h8-10,12,18,20H,5-7,11H2,1-4H3,(H,26,31)(H,28,29)(H,32,33)/t12?,18-,20-/m0/s1. The molecule has 0 aliphatic carbocycles. The van der Waals surface area contributed by atoms with E-state index in [2.05, 4.69) is 10.6 Å². The Balaban J connectivity index is 2.01. The third kappa shape index (κ3) is 5.33. The van der Waals surface area contributed by atoms with E-state index in [0.717, 1.165) is 17.0 Å². The fraction of sp³-hybridized carbons (Fsp3) is 0.478. The summed E-state index contributed by atoms with van der Waals surface area (Å²) in [5.41, 5.74) is 2.94. The van der Waals surface area contributed by atoms with Crippen LogP contribution in [0.4, 0.5) is 10.6 Å². The van der Waals surface area contributed by atoms with E-state index < -0.39 is 6.09 Å². The van der Waals surface area contributed by atoms with E-state index in [9.17, 15) is 14.7 Å². The van der Waals surface area contributed by atoms with Crippen LogP contribution in [0.25, 0.3) is 11.3 Å². The summed E-state index contributed by atoms with van der Waals surface area (Å²) in [5.74, 6) is 0.457. The van der Waals surface area contributed by atoms with Crippen molar-refractivity contribution in [3.8, 4) is 11.3 Å². The maximum Gasteiger partial charge on any atom is 0.407 e. The highest BCUT2D eigenvalue weighted by atomic mass is 35.5. The zero-order valence-electron chi connectivity index (χ0n) is 19.2. The number of nitrogens with one attached hydrogen (secondary N) is 2. The van der Waals surface area contributed by atoms with E-state index in [1.165, 1.54) is 4.90 Å². The summed E-state index contributed by atoms with van der Waals surface area (Å²) < 4.78 is 0. The predicted molar refractivity (Wildman–Crippen MR) is 130 cm³/mol. The molecular weight excluding hydrogens is 465 g/mol. The molecule has 3 atom stereocenters. The molecule has 1 fully saturated rings. The number of likely N-dealkylation sites (tertiary alicyclic amines) is 1. The van der Waals surface area contributed by atoms with Crippen molar-refractivity contribution >= 4 is 41.0 Å². The zero-order valence-corrected chi connectivity index (χ0v) is 20.7. The number of hydrogen-bond donors (Lipinski definition) is 3. The van der Waals surface area contributed by atoms with Crippen molar-refractivity contribution in [1.29, 1.82) is 0 Å². The molecule has 1 aliphatic rings. The number of carbonyl (C=O) groups is 2. The van der Waals surface area contributed by atoms with Gasteiger partial charge in [0, 0.05) is 23.6 Å². The molecule has 0 bridgehead atoms. The monoisotopic (exact) mass is 493 g/mol. The molecule has 178 valence electrons. The molecule has 0 radical (unpaired) electrons. The quantitative estimate of drug-likeness (QED) is 0.518. The molecule has 0 saturated carbocycles. The number of carboxylic acid groups (broad SMARTS) is 1. The maximum absolute atomic E-state index is 12.1. The van der Waals surface area contributed by atoms with E-state index in [1.54, 1.807) is 19.1 Å². The first kappa shape index (κ1) is 25.1. The predicted octanol–water partition coefficient (Wildman–Crippen LogP) is 4.63. The van der Waals surface area contributed by atoms with Gasteiger partial charge >= 0.3 is 6.09 Å². The minimum Gasteiger partial charge on any atom is -0.465 e. The summed E-state index contributed by atoms with van der Waals surface area (Å²) in [6.45, 7) is 7.76. The Morgan fingerprint density at radius 2 is 1.85 bits per heavy atom. The van der Waals surface area contributed by atoms with Gasteiger partial charge in [-0.2, -0.15) is 0 Å². The molecule has 1 unspecified atom stereocenters. The van der Waals surface area contributed by atoms with Gasteiger partial charge in [0.2, 0.25) is 5.91 Å². The number of rotatable bonds is 7. The van der Waals surface area contributed by atoms with Crippen LogP contribution in [0.1, 0.15) is 45.5 Å². The molecule has 8 nitrogen and oxygen atoms in total. The molecule has 0 spiro atoms. The molecule has 1 aliphatic heterocycles. The van der Waals surface area contributed by atoms with Crippen molar-refractivity contribution in [2.24, 2.45) is 0 Å². The highest BCUT2D eigenvalue weighted by Crippen LogP contribution is 2.33. The van der Waals surface area contributed by atoms with E-state index in [1.807, 2.05) is 26.8 Å². The van der Waals surface area contributed by atoms with E-state index in [0.29, 0.717) is 40.8 Å². The summed E-state index contributed by atoms with van der Waals surface area (Å²) in [7, 11) is 0. The summed E-state index contributed by atoms with van der Waals surface area (Å²) >= 11 is 12.5. The molecule has 3 rings (SSSR count). The Labute approximate surface area is 203 Å². The van der Waals surface area contributed by atoms with Gasteiger partial charge in [-0.3, -0.25) is 4.79 Å². The van der Waals surface area contributed by atoms with Gasteiger partial charge in [0.25, 0.3) is 0 Å². The lowest BCUT2D eigenvalue weighted by Crippen LogP contribution is -2.48. The second kappa shape index (κ2) is 10.6. The van der Waals surface area contributed by atoms with Crippen LogP contribution in [0.5, 0.6) is 0 Å². The van der Waals surface area contributed by atoms with Crippen LogP contribution in [0, 0.1) is 0 Å². The lowest BCUT2D eigenvalue weighted by molar-refractivity contribution is -0.121. The first-order valence-corrected chi connectivity index (χ1v) is 11.9. The Morgan fingerprint density at radius 1 is 1.15 bits per heavy atom. The summed E-state index contributed by atoms with van der Waals surface area (Å²) in [6, 6.07) is 4.17. The van der Waals surface area contributed by atoms with Crippen molar-refractivity contribution < 1.29 is 14.7 Å². The number of aromatic nitrogens is 2. The van der Waals surface area contributed by atoms with Crippen LogP contribution >= 0.6 is 23.2 Å². The van der Waals surface area contributed by atoms with Crippen LogP contribution in [-0.2, 0) is 17.6 Å². The number of halogens is 2. The Kier molecular flexibility index (Phi) is 8.02. The third-order valence-corrected chi connectivity index (χ3v) is 6.50. The highest BCUT2D eigenvalue weighted by molar-refractivity contribution is 6.36. The van der Waals surface area contributed by atoms with Crippen LogP contribution in [0.3, 0.4) is 0 Å². The van der Waals surface area contributed by atoms with Gasteiger partial charge in [0.15, 0.2) is 0 Å². The average Bonchev–Trinajstić information content (AvgIpc) is 3.08. The summed E-state index contributed by atoms with van der Waals surface area (Å²) in [6.07, 6.45) is 0.526. The molecule has 33 heavy (non-hydrogen) atoms. The maximum atomic E-state index is 12.1. The molecule has 1 aromatic carbocycles. The molecular formula is C23H29Cl2N5O3. The molecule has 2 heterocycles. The lowest BCUT2D eigenvalue weighted by Gasteiger charge is -2.26. The second-order valence-corrected chi connectivity index (χ2v) is 8.86. The molecule has 10 heteroatoms. The summed E-state index contributed by atoms with van der Waals surface area (Å²) in [4.78, 5) is 34.9. The molecule has 2 aromatic rings. The molecule has 1 aromatic heterocycles. The topological polar surface area (TPSA) is 107 Å². The highest BCUT2D eigenvalue weighted by Gasteiger charge is 2.42. The third-order valence-electron chi connectivity index (χ3n) is 5.95. The van der Waals surface area contributed by atoms with Gasteiger partial charge in [-0.05, 0) is 38.0 Å².